The van der Waals surface area contributed by atoms with E-state index in [4.69, 9.17) is 9.47 Å². The second-order valence-corrected chi connectivity index (χ2v) is 10.1. The quantitative estimate of drug-likeness (QED) is 0.511. The summed E-state index contributed by atoms with van der Waals surface area (Å²) in [4.78, 5) is 29.5. The molecule has 1 fully saturated rings. The van der Waals surface area contributed by atoms with E-state index in [0.717, 1.165) is 11.3 Å². The van der Waals surface area contributed by atoms with Crippen molar-refractivity contribution < 1.29 is 19.1 Å². The molecule has 1 saturated heterocycles. The van der Waals surface area contributed by atoms with Crippen LogP contribution in [0.1, 0.15) is 44.7 Å². The molecule has 7 nitrogen and oxygen atoms in total. The molecule has 1 aliphatic heterocycles. The van der Waals surface area contributed by atoms with E-state index in [-0.39, 0.29) is 17.9 Å². The van der Waals surface area contributed by atoms with Crippen LogP contribution >= 0.6 is 15.9 Å². The van der Waals surface area contributed by atoms with E-state index >= 15 is 0 Å². The molecule has 0 aromatic heterocycles. The first kappa shape index (κ1) is 25.6. The summed E-state index contributed by atoms with van der Waals surface area (Å²) in [6.45, 7) is 6.83. The Hall–Kier alpha value is -3.05. The highest BCUT2D eigenvalue weighted by atomic mass is 79.9. The summed E-state index contributed by atoms with van der Waals surface area (Å²) in [7, 11) is 1.61. The maximum atomic E-state index is 13.7. The normalized spacial score (nSPS) is 14.3. The van der Waals surface area contributed by atoms with Gasteiger partial charge in [0.15, 0.2) is 0 Å². The first-order valence-corrected chi connectivity index (χ1v) is 12.0. The van der Waals surface area contributed by atoms with E-state index in [0.29, 0.717) is 48.2 Å². The lowest BCUT2D eigenvalue weighted by atomic mass is 9.95. The zero-order chi connectivity index (χ0) is 24.9. The third-order valence-electron chi connectivity index (χ3n) is 5.63. The van der Waals surface area contributed by atoms with Gasteiger partial charge in [0.05, 0.1) is 31.0 Å². The lowest BCUT2D eigenvalue weighted by Crippen LogP contribution is -2.45. The molecule has 3 rings (SSSR count). The first-order chi connectivity index (χ1) is 16.1. The number of anilines is 1. The lowest BCUT2D eigenvalue weighted by Gasteiger charge is -2.35. The van der Waals surface area contributed by atoms with E-state index in [2.05, 4.69) is 22.0 Å². The third kappa shape index (κ3) is 6.51. The molecule has 0 radical (unpaired) electrons. The van der Waals surface area contributed by atoms with E-state index < -0.39 is 5.60 Å². The minimum atomic E-state index is -0.555. The maximum absolute atomic E-state index is 13.7. The highest BCUT2D eigenvalue weighted by molar-refractivity contribution is 9.10. The molecule has 0 N–H and O–H groups in total. The molecular weight excluding hydrogens is 498 g/mol. The second-order valence-electron chi connectivity index (χ2n) is 9.29. The molecular formula is C26H30BrN3O4. The Bertz CT molecular complexity index is 1060. The molecule has 1 heterocycles. The van der Waals surface area contributed by atoms with Gasteiger partial charge in [-0.1, -0.05) is 12.1 Å². The number of nitrogens with zero attached hydrogens (tertiary/aromatic N) is 3. The monoisotopic (exact) mass is 527 g/mol. The van der Waals surface area contributed by atoms with Gasteiger partial charge in [-0.15, -0.1) is 0 Å². The number of ether oxygens (including phenoxy) is 2. The fraction of sp³-hybridized carbons (Fsp3) is 0.423. The number of nitriles is 1. The van der Waals surface area contributed by atoms with E-state index in [1.54, 1.807) is 35.1 Å². The van der Waals surface area contributed by atoms with Crippen molar-refractivity contribution >= 4 is 33.6 Å². The summed E-state index contributed by atoms with van der Waals surface area (Å²) in [5, 5.41) is 9.22. The van der Waals surface area contributed by atoms with Crippen LogP contribution in [-0.4, -0.2) is 42.7 Å². The zero-order valence-corrected chi connectivity index (χ0v) is 21.6. The number of amides is 2. The number of carbonyl (C=O) groups excluding carboxylic acids is 2. The van der Waals surface area contributed by atoms with Crippen molar-refractivity contribution in [2.24, 2.45) is 5.92 Å². The van der Waals surface area contributed by atoms with Gasteiger partial charge in [-0.3, -0.25) is 4.79 Å². The summed E-state index contributed by atoms with van der Waals surface area (Å²) in [6, 6.07) is 14.9. The van der Waals surface area contributed by atoms with Gasteiger partial charge in [0, 0.05) is 23.5 Å². The van der Waals surface area contributed by atoms with E-state index in [1.807, 2.05) is 45.0 Å². The van der Waals surface area contributed by atoms with Crippen molar-refractivity contribution in [3.8, 4) is 11.8 Å². The number of piperidine rings is 1. The molecule has 0 spiro atoms. The summed E-state index contributed by atoms with van der Waals surface area (Å²) >= 11 is 3.54. The van der Waals surface area contributed by atoms with Gasteiger partial charge in [0.2, 0.25) is 5.91 Å². The van der Waals surface area contributed by atoms with Crippen molar-refractivity contribution in [2.75, 3.05) is 25.1 Å². The summed E-state index contributed by atoms with van der Waals surface area (Å²) in [5.41, 5.74) is 1.62. The van der Waals surface area contributed by atoms with Crippen LogP contribution in [0.4, 0.5) is 10.5 Å². The highest BCUT2D eigenvalue weighted by Crippen LogP contribution is 2.32. The molecule has 2 aromatic carbocycles. The molecule has 180 valence electrons. The molecule has 0 unspecified atom stereocenters. The van der Waals surface area contributed by atoms with Crippen LogP contribution in [0.5, 0.6) is 5.75 Å². The van der Waals surface area contributed by atoms with Gasteiger partial charge < -0.3 is 19.3 Å². The Labute approximate surface area is 209 Å². The van der Waals surface area contributed by atoms with Gasteiger partial charge in [0.1, 0.15) is 11.4 Å². The minimum Gasteiger partial charge on any atom is -0.497 e. The van der Waals surface area contributed by atoms with Gasteiger partial charge in [-0.05, 0) is 85.4 Å². The molecule has 0 bridgehead atoms. The largest absolute Gasteiger partial charge is 0.497 e. The molecule has 2 amide bonds. The topological polar surface area (TPSA) is 82.9 Å². The van der Waals surface area contributed by atoms with Crippen molar-refractivity contribution in [1.29, 1.82) is 5.26 Å². The lowest BCUT2D eigenvalue weighted by molar-refractivity contribution is -0.124. The Morgan fingerprint density at radius 3 is 2.32 bits per heavy atom. The standard InChI is InChI=1S/C26H30BrN3O4/c1-26(2,3)34-25(32)29-13-11-20(12-14-29)24(31)30(17-18-5-8-21(33-4)9-6-18)23-10-7-19(16-28)15-22(23)27/h5-10,15,20H,11-14,17H2,1-4H3. The summed E-state index contributed by atoms with van der Waals surface area (Å²) in [5.74, 6) is 0.514. The molecule has 0 saturated carbocycles. The third-order valence-corrected chi connectivity index (χ3v) is 6.26. The van der Waals surface area contributed by atoms with Crippen molar-refractivity contribution in [3.05, 3.63) is 58.1 Å². The minimum absolute atomic E-state index is 0.00920. The fourth-order valence-electron chi connectivity index (χ4n) is 3.85. The van der Waals surface area contributed by atoms with Gasteiger partial charge in [0.25, 0.3) is 0 Å². The Morgan fingerprint density at radius 2 is 1.79 bits per heavy atom. The molecule has 34 heavy (non-hydrogen) atoms. The van der Waals surface area contributed by atoms with Crippen LogP contribution in [0.15, 0.2) is 46.9 Å². The number of halogens is 1. The smallest absolute Gasteiger partial charge is 0.410 e. The average molecular weight is 528 g/mol. The van der Waals surface area contributed by atoms with Crippen LogP contribution in [0.2, 0.25) is 0 Å². The number of methoxy groups -OCH3 is 1. The van der Waals surface area contributed by atoms with Gasteiger partial charge in [-0.2, -0.15) is 5.26 Å². The van der Waals surface area contributed by atoms with E-state index in [1.165, 1.54) is 0 Å². The number of benzene rings is 2. The first-order valence-electron chi connectivity index (χ1n) is 11.2. The molecule has 1 aliphatic rings. The average Bonchev–Trinajstić information content (AvgIpc) is 2.81. The van der Waals surface area contributed by atoms with E-state index in [9.17, 15) is 14.9 Å². The maximum Gasteiger partial charge on any atom is 0.410 e. The zero-order valence-electron chi connectivity index (χ0n) is 20.0. The SMILES string of the molecule is COc1ccc(CN(C(=O)C2CCN(C(=O)OC(C)(C)C)CC2)c2ccc(C#N)cc2Br)cc1. The second kappa shape index (κ2) is 10.9. The Balaban J connectivity index is 1.80. The number of carbonyl (C=O) groups is 2. The van der Waals surface area contributed by atoms with Crippen molar-refractivity contribution in [3.63, 3.8) is 0 Å². The predicted molar refractivity (Wildman–Crippen MR) is 134 cm³/mol. The van der Waals surface area contributed by atoms with Crippen LogP contribution in [0.3, 0.4) is 0 Å². The Kier molecular flexibility index (Phi) is 8.21. The van der Waals surface area contributed by atoms with Gasteiger partial charge in [-0.25, -0.2) is 4.79 Å². The van der Waals surface area contributed by atoms with Crippen molar-refractivity contribution in [2.45, 2.75) is 45.8 Å². The number of likely N-dealkylation sites (tertiary alicyclic amines) is 1. The highest BCUT2D eigenvalue weighted by Gasteiger charge is 2.33. The summed E-state index contributed by atoms with van der Waals surface area (Å²) < 4.78 is 11.4. The molecule has 2 aromatic rings. The fourth-order valence-corrected chi connectivity index (χ4v) is 4.44. The number of hydrogen-bond acceptors (Lipinski definition) is 5. The Morgan fingerprint density at radius 1 is 1.15 bits per heavy atom. The predicted octanol–water partition coefficient (Wildman–Crippen LogP) is 5.51. The van der Waals surface area contributed by atoms with Crippen LogP contribution < -0.4 is 9.64 Å². The van der Waals surface area contributed by atoms with Crippen LogP contribution in [0.25, 0.3) is 0 Å². The summed E-state index contributed by atoms with van der Waals surface area (Å²) in [6.07, 6.45) is 0.777. The van der Waals surface area contributed by atoms with Crippen LogP contribution in [0, 0.1) is 17.2 Å². The van der Waals surface area contributed by atoms with Crippen molar-refractivity contribution in [1.82, 2.24) is 4.90 Å². The molecule has 0 aliphatic carbocycles. The number of rotatable bonds is 5. The molecule has 8 heteroatoms. The van der Waals surface area contributed by atoms with Crippen LogP contribution in [-0.2, 0) is 16.1 Å². The van der Waals surface area contributed by atoms with Gasteiger partial charge >= 0.3 is 6.09 Å². The molecule has 0 atom stereocenters. The number of hydrogen-bond donors (Lipinski definition) is 0.